The van der Waals surface area contributed by atoms with Crippen molar-refractivity contribution in [2.45, 2.75) is 36.5 Å². The zero-order valence-corrected chi connectivity index (χ0v) is 16.1. The van der Waals surface area contributed by atoms with Gasteiger partial charge < -0.3 is 15.4 Å². The first kappa shape index (κ1) is 19.8. The van der Waals surface area contributed by atoms with Crippen molar-refractivity contribution in [2.24, 2.45) is 0 Å². The van der Waals surface area contributed by atoms with E-state index in [1.54, 1.807) is 11.8 Å². The molecular weight excluding hydrogens is 348 g/mol. The lowest BCUT2D eigenvalue weighted by atomic mass is 10.2. The molecule has 0 aromatic heterocycles. The molecule has 2 aromatic rings. The monoisotopic (exact) mass is 372 g/mol. The van der Waals surface area contributed by atoms with E-state index in [-0.39, 0.29) is 5.91 Å². The first-order valence-corrected chi connectivity index (χ1v) is 9.26. The molecule has 26 heavy (non-hydrogen) atoms. The second kappa shape index (κ2) is 9.87. The number of carbonyl (C=O) groups excluding carboxylic acids is 2. The molecule has 2 amide bonds. The molecule has 2 rings (SSSR count). The van der Waals surface area contributed by atoms with Gasteiger partial charge in [0.05, 0.1) is 7.11 Å². The summed E-state index contributed by atoms with van der Waals surface area (Å²) in [6.07, 6.45) is 0.410. The molecule has 0 aliphatic rings. The second-order valence-electron chi connectivity index (χ2n) is 5.97. The maximum absolute atomic E-state index is 11.9. The van der Waals surface area contributed by atoms with Gasteiger partial charge in [-0.25, -0.2) is 4.79 Å². The standard InChI is InChI=1S/C20H24N2O3S/c1-14-6-11-18(15(2)13-14)26-17-9-7-16(8-10-17)22-19(23)5-4-12-21-20(24)25-3/h6-11,13H,4-5,12H2,1-3H3,(H,21,24)(H,22,23). The van der Waals surface area contributed by atoms with Crippen LogP contribution in [-0.2, 0) is 9.53 Å². The van der Waals surface area contributed by atoms with Crippen molar-refractivity contribution in [3.8, 4) is 0 Å². The Morgan fingerprint density at radius 3 is 2.46 bits per heavy atom. The molecule has 0 saturated carbocycles. The van der Waals surface area contributed by atoms with Gasteiger partial charge in [0.2, 0.25) is 5.91 Å². The summed E-state index contributed by atoms with van der Waals surface area (Å²) in [6, 6.07) is 14.2. The van der Waals surface area contributed by atoms with Crippen LogP contribution in [0.25, 0.3) is 0 Å². The molecule has 2 aromatic carbocycles. The maximum Gasteiger partial charge on any atom is 0.406 e. The average Bonchev–Trinajstić information content (AvgIpc) is 2.62. The Labute approximate surface area is 158 Å². The highest BCUT2D eigenvalue weighted by atomic mass is 32.2. The second-order valence-corrected chi connectivity index (χ2v) is 7.08. The number of methoxy groups -OCH3 is 1. The quantitative estimate of drug-likeness (QED) is 0.701. The molecule has 0 spiro atoms. The number of nitrogens with one attached hydrogen (secondary N) is 2. The van der Waals surface area contributed by atoms with E-state index in [1.165, 1.54) is 23.1 Å². The van der Waals surface area contributed by atoms with Gasteiger partial charge in [-0.05, 0) is 56.2 Å². The zero-order valence-electron chi connectivity index (χ0n) is 15.3. The molecule has 0 unspecified atom stereocenters. The van der Waals surface area contributed by atoms with E-state index in [0.29, 0.717) is 19.4 Å². The van der Waals surface area contributed by atoms with Crippen molar-refractivity contribution < 1.29 is 14.3 Å². The number of hydrogen-bond donors (Lipinski definition) is 2. The number of anilines is 1. The summed E-state index contributed by atoms with van der Waals surface area (Å²) in [7, 11) is 1.31. The lowest BCUT2D eigenvalue weighted by molar-refractivity contribution is -0.116. The molecule has 0 bridgehead atoms. The van der Waals surface area contributed by atoms with Crippen LogP contribution in [-0.4, -0.2) is 25.7 Å². The summed E-state index contributed by atoms with van der Waals surface area (Å²) in [5.74, 6) is -0.0774. The first-order valence-electron chi connectivity index (χ1n) is 8.45. The molecule has 6 heteroatoms. The predicted octanol–water partition coefficient (Wildman–Crippen LogP) is 4.53. The minimum atomic E-state index is -0.484. The molecule has 0 radical (unpaired) electrons. The Balaban J connectivity index is 1.81. The molecule has 0 saturated heterocycles. The largest absolute Gasteiger partial charge is 0.453 e. The van der Waals surface area contributed by atoms with Gasteiger partial charge >= 0.3 is 6.09 Å². The normalized spacial score (nSPS) is 10.3. The number of aryl methyl sites for hydroxylation is 2. The number of ether oxygens (including phenoxy) is 1. The van der Waals surface area contributed by atoms with Gasteiger partial charge in [0.25, 0.3) is 0 Å². The van der Waals surface area contributed by atoms with Crippen LogP contribution in [0.2, 0.25) is 0 Å². The molecule has 0 heterocycles. The molecule has 5 nitrogen and oxygen atoms in total. The minimum Gasteiger partial charge on any atom is -0.453 e. The number of hydrogen-bond acceptors (Lipinski definition) is 4. The van der Waals surface area contributed by atoms with Crippen molar-refractivity contribution in [2.75, 3.05) is 19.0 Å². The number of carbonyl (C=O) groups is 2. The lowest BCUT2D eigenvalue weighted by Crippen LogP contribution is -2.25. The summed E-state index contributed by atoms with van der Waals surface area (Å²) >= 11 is 1.71. The Hall–Kier alpha value is -2.47. The van der Waals surface area contributed by atoms with Crippen LogP contribution < -0.4 is 10.6 Å². The Bertz CT molecular complexity index is 760. The van der Waals surface area contributed by atoms with Crippen LogP contribution in [0.3, 0.4) is 0 Å². The molecule has 138 valence electrons. The van der Waals surface area contributed by atoms with Crippen molar-refractivity contribution in [1.29, 1.82) is 0 Å². The lowest BCUT2D eigenvalue weighted by Gasteiger charge is -2.09. The molecular formula is C20H24N2O3S. The SMILES string of the molecule is COC(=O)NCCCC(=O)Nc1ccc(Sc2ccc(C)cc2C)cc1. The molecule has 0 aliphatic carbocycles. The van der Waals surface area contributed by atoms with E-state index in [0.717, 1.165) is 10.6 Å². The highest BCUT2D eigenvalue weighted by molar-refractivity contribution is 7.99. The number of rotatable bonds is 7. The first-order chi connectivity index (χ1) is 12.5. The van der Waals surface area contributed by atoms with Gasteiger partial charge in [-0.3, -0.25) is 4.79 Å². The van der Waals surface area contributed by atoms with E-state index in [9.17, 15) is 9.59 Å². The van der Waals surface area contributed by atoms with Crippen LogP contribution in [0.5, 0.6) is 0 Å². The number of benzene rings is 2. The fourth-order valence-corrected chi connectivity index (χ4v) is 3.26. The minimum absolute atomic E-state index is 0.0774. The Morgan fingerprint density at radius 1 is 1.08 bits per heavy atom. The van der Waals surface area contributed by atoms with Crippen LogP contribution in [0.4, 0.5) is 10.5 Å². The van der Waals surface area contributed by atoms with Crippen molar-refractivity contribution >= 4 is 29.4 Å². The molecule has 0 fully saturated rings. The highest BCUT2D eigenvalue weighted by Crippen LogP contribution is 2.31. The fraction of sp³-hybridized carbons (Fsp3) is 0.300. The fourth-order valence-electron chi connectivity index (χ4n) is 2.38. The molecule has 0 aliphatic heterocycles. The van der Waals surface area contributed by atoms with Gasteiger partial charge in [-0.2, -0.15) is 0 Å². The third-order valence-electron chi connectivity index (χ3n) is 3.73. The van der Waals surface area contributed by atoms with E-state index in [4.69, 9.17) is 0 Å². The summed E-state index contributed by atoms with van der Waals surface area (Å²) in [5, 5.41) is 5.41. The summed E-state index contributed by atoms with van der Waals surface area (Å²) in [5.41, 5.74) is 3.28. The number of amides is 2. The van der Waals surface area contributed by atoms with Crippen LogP contribution in [0.15, 0.2) is 52.3 Å². The van der Waals surface area contributed by atoms with Gasteiger partial charge in [0.15, 0.2) is 0 Å². The Morgan fingerprint density at radius 2 is 1.81 bits per heavy atom. The van der Waals surface area contributed by atoms with Crippen molar-refractivity contribution in [3.63, 3.8) is 0 Å². The van der Waals surface area contributed by atoms with Gasteiger partial charge in [0, 0.05) is 28.4 Å². The van der Waals surface area contributed by atoms with Crippen LogP contribution >= 0.6 is 11.8 Å². The zero-order chi connectivity index (χ0) is 18.9. The molecule has 0 atom stereocenters. The van der Waals surface area contributed by atoms with Gasteiger partial charge in [-0.1, -0.05) is 29.5 Å². The Kier molecular flexibility index (Phi) is 7.53. The maximum atomic E-state index is 11.9. The van der Waals surface area contributed by atoms with Gasteiger partial charge in [-0.15, -0.1) is 0 Å². The topological polar surface area (TPSA) is 67.4 Å². The summed E-state index contributed by atoms with van der Waals surface area (Å²) in [6.45, 7) is 4.61. The number of alkyl carbamates (subject to hydrolysis) is 1. The third kappa shape index (κ3) is 6.44. The van der Waals surface area contributed by atoms with E-state index in [2.05, 4.69) is 47.4 Å². The smallest absolute Gasteiger partial charge is 0.406 e. The third-order valence-corrected chi connectivity index (χ3v) is 4.92. The van der Waals surface area contributed by atoms with Crippen molar-refractivity contribution in [3.05, 3.63) is 53.6 Å². The van der Waals surface area contributed by atoms with E-state index in [1.807, 2.05) is 24.3 Å². The van der Waals surface area contributed by atoms with Crippen LogP contribution in [0.1, 0.15) is 24.0 Å². The van der Waals surface area contributed by atoms with Crippen LogP contribution in [0, 0.1) is 13.8 Å². The van der Waals surface area contributed by atoms with E-state index < -0.39 is 6.09 Å². The average molecular weight is 372 g/mol. The summed E-state index contributed by atoms with van der Waals surface area (Å²) in [4.78, 5) is 25.2. The van der Waals surface area contributed by atoms with Gasteiger partial charge in [0.1, 0.15) is 0 Å². The van der Waals surface area contributed by atoms with E-state index >= 15 is 0 Å². The molecule has 2 N–H and O–H groups in total. The summed E-state index contributed by atoms with van der Waals surface area (Å²) < 4.78 is 4.47. The highest BCUT2D eigenvalue weighted by Gasteiger charge is 2.05. The van der Waals surface area contributed by atoms with Crippen molar-refractivity contribution in [1.82, 2.24) is 5.32 Å². The predicted molar refractivity (Wildman–Crippen MR) is 105 cm³/mol.